The van der Waals surface area contributed by atoms with E-state index in [0.29, 0.717) is 22.4 Å². The van der Waals surface area contributed by atoms with E-state index in [1.165, 1.54) is 16.7 Å². The number of morpholine rings is 1. The van der Waals surface area contributed by atoms with Gasteiger partial charge in [0.2, 0.25) is 0 Å². The van der Waals surface area contributed by atoms with E-state index >= 15 is 0 Å². The molecule has 6 nitrogen and oxygen atoms in total. The Morgan fingerprint density at radius 3 is 2.79 bits per heavy atom. The van der Waals surface area contributed by atoms with Crippen molar-refractivity contribution in [2.45, 2.75) is 6.42 Å². The highest BCUT2D eigenvalue weighted by Gasteiger charge is 2.32. The number of carboxylic acids is 1. The monoisotopic (exact) mass is 302 g/mol. The van der Waals surface area contributed by atoms with E-state index in [4.69, 9.17) is 22.1 Å². The van der Waals surface area contributed by atoms with Gasteiger partial charge in [-0.1, -0.05) is 24.0 Å². The lowest BCUT2D eigenvalue weighted by molar-refractivity contribution is -0.137. The lowest BCUT2D eigenvalue weighted by atomic mass is 10.3. The normalized spacial score (nSPS) is 22.4. The Labute approximate surface area is 120 Å². The van der Waals surface area contributed by atoms with Gasteiger partial charge in [-0.05, 0) is 0 Å². The van der Waals surface area contributed by atoms with Gasteiger partial charge in [0.25, 0.3) is 5.91 Å². The number of nitrogens with zero attached hydrogens (tertiary/aromatic N) is 2. The molecule has 1 N–H and O–H groups in total. The van der Waals surface area contributed by atoms with E-state index in [1.807, 2.05) is 4.90 Å². The molecule has 0 spiro atoms. The molecule has 0 aromatic carbocycles. The Balaban J connectivity index is 2.00. The molecule has 0 saturated carbocycles. The zero-order valence-electron chi connectivity index (χ0n) is 10.2. The molecule has 8 heteroatoms. The zero-order valence-corrected chi connectivity index (χ0v) is 11.8. The first-order valence-electron chi connectivity index (χ1n) is 5.87. The summed E-state index contributed by atoms with van der Waals surface area (Å²) >= 11 is 6.33. The number of rotatable bonds is 4. The molecule has 2 aliphatic heterocycles. The largest absolute Gasteiger partial charge is 0.481 e. The first-order valence-corrected chi connectivity index (χ1v) is 7.09. The standard InChI is InChI=1S/C11H14N2O4S2/c14-9(15)1-2-13-10(16)8(19-11(13)18)7-12-3-5-17-6-4-12/h7H,1-6H2,(H,14,15)/b8-7-. The lowest BCUT2D eigenvalue weighted by Crippen LogP contribution is -2.33. The number of ether oxygens (including phenoxy) is 1. The Bertz CT molecular complexity index is 432. The number of carbonyl (C=O) groups excluding carboxylic acids is 1. The molecule has 2 fully saturated rings. The van der Waals surface area contributed by atoms with Crippen LogP contribution in [0, 0.1) is 0 Å². The molecule has 2 rings (SSSR count). The van der Waals surface area contributed by atoms with Crippen LogP contribution >= 0.6 is 24.0 Å². The van der Waals surface area contributed by atoms with Crippen molar-refractivity contribution in [1.82, 2.24) is 9.80 Å². The van der Waals surface area contributed by atoms with Gasteiger partial charge in [-0.3, -0.25) is 14.5 Å². The van der Waals surface area contributed by atoms with Crippen LogP contribution in [0.1, 0.15) is 6.42 Å². The third kappa shape index (κ3) is 3.68. The molecule has 0 atom stereocenters. The highest BCUT2D eigenvalue weighted by atomic mass is 32.2. The summed E-state index contributed by atoms with van der Waals surface area (Å²) in [6.07, 6.45) is 1.69. The van der Waals surface area contributed by atoms with Gasteiger partial charge in [-0.25, -0.2) is 0 Å². The van der Waals surface area contributed by atoms with Crippen molar-refractivity contribution in [3.05, 3.63) is 11.1 Å². The smallest absolute Gasteiger partial charge is 0.305 e. The second-order valence-electron chi connectivity index (χ2n) is 4.11. The van der Waals surface area contributed by atoms with Gasteiger partial charge in [0.1, 0.15) is 4.32 Å². The molecule has 104 valence electrons. The minimum absolute atomic E-state index is 0.0999. The fourth-order valence-electron chi connectivity index (χ4n) is 1.76. The molecule has 19 heavy (non-hydrogen) atoms. The van der Waals surface area contributed by atoms with Crippen LogP contribution in [-0.2, 0) is 14.3 Å². The quantitative estimate of drug-likeness (QED) is 0.599. The van der Waals surface area contributed by atoms with Gasteiger partial charge in [0, 0.05) is 25.8 Å². The van der Waals surface area contributed by atoms with Crippen molar-refractivity contribution >= 4 is 40.2 Å². The molecule has 2 heterocycles. The number of hydrogen-bond donors (Lipinski definition) is 1. The summed E-state index contributed by atoms with van der Waals surface area (Å²) in [6, 6.07) is 0. The Morgan fingerprint density at radius 2 is 2.16 bits per heavy atom. The third-order valence-electron chi connectivity index (χ3n) is 2.77. The molecule has 0 aromatic heterocycles. The minimum Gasteiger partial charge on any atom is -0.481 e. The average molecular weight is 302 g/mol. The fourth-order valence-corrected chi connectivity index (χ4v) is 3.08. The predicted molar refractivity (Wildman–Crippen MR) is 74.6 cm³/mol. The number of hydrogen-bond acceptors (Lipinski definition) is 6. The maximum Gasteiger partial charge on any atom is 0.305 e. The van der Waals surface area contributed by atoms with Gasteiger partial charge in [-0.2, -0.15) is 0 Å². The van der Waals surface area contributed by atoms with E-state index in [1.54, 1.807) is 6.20 Å². The van der Waals surface area contributed by atoms with E-state index in [2.05, 4.69) is 0 Å². The second kappa shape index (κ2) is 6.36. The number of carboxylic acid groups (broad SMARTS) is 1. The molecule has 0 unspecified atom stereocenters. The SMILES string of the molecule is O=C(O)CCN1C(=O)/C(=C/N2CCOCC2)SC1=S. The van der Waals surface area contributed by atoms with Crippen LogP contribution in [0.4, 0.5) is 0 Å². The van der Waals surface area contributed by atoms with Crippen molar-refractivity contribution in [3.63, 3.8) is 0 Å². The summed E-state index contributed by atoms with van der Waals surface area (Å²) in [5.41, 5.74) is 0. The number of amides is 1. The summed E-state index contributed by atoms with van der Waals surface area (Å²) in [6.45, 7) is 2.92. The van der Waals surface area contributed by atoms with Crippen molar-refractivity contribution < 1.29 is 19.4 Å². The third-order valence-corrected chi connectivity index (χ3v) is 4.13. The molecule has 0 aliphatic carbocycles. The van der Waals surface area contributed by atoms with Crippen LogP contribution in [0.15, 0.2) is 11.1 Å². The lowest BCUT2D eigenvalue weighted by Gasteiger charge is -2.25. The maximum atomic E-state index is 12.1. The molecule has 0 bridgehead atoms. The number of aliphatic carboxylic acids is 1. The Kier molecular flexibility index (Phi) is 4.78. The first-order chi connectivity index (χ1) is 9.08. The summed E-state index contributed by atoms with van der Waals surface area (Å²) in [7, 11) is 0. The van der Waals surface area contributed by atoms with Crippen LogP contribution in [0.25, 0.3) is 0 Å². The van der Waals surface area contributed by atoms with Gasteiger partial charge in [0.05, 0.1) is 24.5 Å². The van der Waals surface area contributed by atoms with Crippen molar-refractivity contribution in [2.75, 3.05) is 32.8 Å². The van der Waals surface area contributed by atoms with Crippen LogP contribution in [-0.4, -0.2) is 64.0 Å². The van der Waals surface area contributed by atoms with Crippen LogP contribution in [0.2, 0.25) is 0 Å². The minimum atomic E-state index is -0.939. The van der Waals surface area contributed by atoms with Gasteiger partial charge < -0.3 is 14.7 Å². The molecule has 1 amide bonds. The van der Waals surface area contributed by atoms with Crippen molar-refractivity contribution in [3.8, 4) is 0 Å². The van der Waals surface area contributed by atoms with E-state index in [0.717, 1.165) is 13.1 Å². The van der Waals surface area contributed by atoms with E-state index in [-0.39, 0.29) is 18.9 Å². The van der Waals surface area contributed by atoms with Crippen LogP contribution in [0.5, 0.6) is 0 Å². The molecular formula is C11H14N2O4S2. The van der Waals surface area contributed by atoms with Gasteiger partial charge >= 0.3 is 5.97 Å². The number of carbonyl (C=O) groups is 2. The van der Waals surface area contributed by atoms with Crippen molar-refractivity contribution in [1.29, 1.82) is 0 Å². The van der Waals surface area contributed by atoms with Crippen LogP contribution < -0.4 is 0 Å². The molecule has 0 radical (unpaired) electrons. The topological polar surface area (TPSA) is 70.1 Å². The zero-order chi connectivity index (χ0) is 13.8. The molecular weight excluding hydrogens is 288 g/mol. The Hall–Kier alpha value is -1.12. The highest BCUT2D eigenvalue weighted by molar-refractivity contribution is 8.26. The van der Waals surface area contributed by atoms with Gasteiger partial charge in [0.15, 0.2) is 0 Å². The maximum absolute atomic E-state index is 12.1. The number of thioether (sulfide) groups is 1. The van der Waals surface area contributed by atoms with Crippen molar-refractivity contribution in [2.24, 2.45) is 0 Å². The van der Waals surface area contributed by atoms with E-state index in [9.17, 15) is 9.59 Å². The van der Waals surface area contributed by atoms with E-state index < -0.39 is 5.97 Å². The summed E-state index contributed by atoms with van der Waals surface area (Å²) in [5.74, 6) is -1.14. The molecule has 0 aromatic rings. The van der Waals surface area contributed by atoms with Gasteiger partial charge in [-0.15, -0.1) is 0 Å². The average Bonchev–Trinajstić information content (AvgIpc) is 2.63. The molecule has 2 saturated heterocycles. The summed E-state index contributed by atoms with van der Waals surface area (Å²) in [5, 5.41) is 8.65. The fraction of sp³-hybridized carbons (Fsp3) is 0.545. The molecule has 2 aliphatic rings. The highest BCUT2D eigenvalue weighted by Crippen LogP contribution is 2.31. The second-order valence-corrected chi connectivity index (χ2v) is 5.79. The van der Waals surface area contributed by atoms with Crippen LogP contribution in [0.3, 0.4) is 0 Å². The Morgan fingerprint density at radius 1 is 1.47 bits per heavy atom. The predicted octanol–water partition coefficient (Wildman–Crippen LogP) is 0.495. The number of thiocarbonyl (C=S) groups is 1. The summed E-state index contributed by atoms with van der Waals surface area (Å²) in [4.78, 5) is 26.6. The first kappa shape index (κ1) is 14.3. The summed E-state index contributed by atoms with van der Waals surface area (Å²) < 4.78 is 5.66.